The van der Waals surface area contributed by atoms with Crippen molar-refractivity contribution in [1.82, 2.24) is 4.57 Å². The molecule has 304 valence electrons. The number of rotatable bonds is 10. The molecule has 0 radical (unpaired) electrons. The molecule has 2 nitrogen and oxygen atoms in total. The minimum Gasteiger partial charge on any atom is -0.310 e. The van der Waals surface area contributed by atoms with E-state index < -0.39 is 5.41 Å². The number of nitrogens with zero attached hydrogens (tertiary/aromatic N) is 2. The van der Waals surface area contributed by atoms with Gasteiger partial charge in [-0.3, -0.25) is 0 Å². The first-order chi connectivity index (χ1) is 31.6. The molecule has 0 fully saturated rings. The molecule has 2 heteroatoms. The van der Waals surface area contributed by atoms with Crippen molar-refractivity contribution >= 4 is 38.9 Å². The van der Waals surface area contributed by atoms with Crippen LogP contribution >= 0.6 is 0 Å². The van der Waals surface area contributed by atoms with E-state index in [1.54, 1.807) is 0 Å². The largest absolute Gasteiger partial charge is 0.310 e. The van der Waals surface area contributed by atoms with Crippen molar-refractivity contribution in [3.63, 3.8) is 0 Å². The predicted octanol–water partition coefficient (Wildman–Crippen LogP) is 16.6. The minimum atomic E-state index is -0.585. The van der Waals surface area contributed by atoms with Gasteiger partial charge in [-0.2, -0.15) is 0 Å². The lowest BCUT2D eigenvalue weighted by Gasteiger charge is -2.35. The van der Waals surface area contributed by atoms with Gasteiger partial charge in [-0.15, -0.1) is 0 Å². The summed E-state index contributed by atoms with van der Waals surface area (Å²) in [6.45, 7) is 6.88. The number of para-hydroxylation sites is 2. The number of benzene rings is 9. The molecule has 0 saturated carbocycles. The van der Waals surface area contributed by atoms with E-state index in [2.05, 4.69) is 258 Å². The molecule has 9 aromatic carbocycles. The molecule has 0 N–H and O–H groups in total. The first-order valence-corrected chi connectivity index (χ1v) is 22.1. The van der Waals surface area contributed by atoms with Gasteiger partial charge in [-0.25, -0.2) is 0 Å². The first kappa shape index (κ1) is 38.7. The first-order valence-electron chi connectivity index (χ1n) is 22.1. The number of allylic oxidation sites excluding steroid dienone is 5. The second-order valence-corrected chi connectivity index (χ2v) is 16.5. The lowest BCUT2D eigenvalue weighted by atomic mass is 9.67. The van der Waals surface area contributed by atoms with Gasteiger partial charge in [0.15, 0.2) is 0 Å². The van der Waals surface area contributed by atoms with Crippen LogP contribution < -0.4 is 4.90 Å². The average Bonchev–Trinajstić information content (AvgIpc) is 3.86. The summed E-state index contributed by atoms with van der Waals surface area (Å²) in [4.78, 5) is 2.43. The summed E-state index contributed by atoms with van der Waals surface area (Å²) in [5.41, 5.74) is 17.9. The Morgan fingerprint density at radius 3 is 1.61 bits per heavy atom. The highest BCUT2D eigenvalue weighted by atomic mass is 15.1. The maximum absolute atomic E-state index is 4.83. The van der Waals surface area contributed by atoms with Crippen LogP contribution in [0.3, 0.4) is 0 Å². The molecule has 0 amide bonds. The molecule has 1 aliphatic rings. The van der Waals surface area contributed by atoms with Crippen LogP contribution in [0.15, 0.2) is 261 Å². The van der Waals surface area contributed by atoms with E-state index in [1.165, 1.54) is 55.2 Å². The van der Waals surface area contributed by atoms with Gasteiger partial charge >= 0.3 is 0 Å². The molecule has 0 saturated heterocycles. The zero-order chi connectivity index (χ0) is 43.0. The summed E-state index contributed by atoms with van der Waals surface area (Å²) in [5, 5.41) is 2.44. The Morgan fingerprint density at radius 2 is 0.984 bits per heavy atom. The molecule has 0 unspecified atom stereocenters. The summed E-state index contributed by atoms with van der Waals surface area (Å²) >= 11 is 0. The fourth-order valence-electron chi connectivity index (χ4n) is 10.1. The highest BCUT2D eigenvalue weighted by molar-refractivity contribution is 6.10. The van der Waals surface area contributed by atoms with Crippen molar-refractivity contribution in [2.24, 2.45) is 0 Å². The molecule has 1 aromatic heterocycles. The lowest BCUT2D eigenvalue weighted by molar-refractivity contribution is 0.770. The number of fused-ring (bicyclic) bond motifs is 6. The summed E-state index contributed by atoms with van der Waals surface area (Å²) < 4.78 is 2.40. The van der Waals surface area contributed by atoms with Gasteiger partial charge < -0.3 is 9.47 Å². The van der Waals surface area contributed by atoms with Crippen LogP contribution in [-0.4, -0.2) is 4.57 Å². The van der Waals surface area contributed by atoms with Gasteiger partial charge in [0.25, 0.3) is 0 Å². The van der Waals surface area contributed by atoms with Crippen LogP contribution in [-0.2, 0) is 5.41 Å². The monoisotopic (exact) mass is 818 g/mol. The second-order valence-electron chi connectivity index (χ2n) is 16.5. The van der Waals surface area contributed by atoms with E-state index in [9.17, 15) is 0 Å². The highest BCUT2D eigenvalue weighted by Gasteiger charge is 2.45. The van der Waals surface area contributed by atoms with Crippen molar-refractivity contribution in [2.75, 3.05) is 4.90 Å². The van der Waals surface area contributed by atoms with Crippen molar-refractivity contribution in [1.29, 1.82) is 0 Å². The van der Waals surface area contributed by atoms with Gasteiger partial charge in [-0.05, 0) is 123 Å². The van der Waals surface area contributed by atoms with Crippen molar-refractivity contribution in [3.8, 4) is 39.1 Å². The molecular weight excluding hydrogens is 773 g/mol. The van der Waals surface area contributed by atoms with Crippen molar-refractivity contribution < 1.29 is 0 Å². The fourth-order valence-corrected chi connectivity index (χ4v) is 10.1. The average molecular weight is 819 g/mol. The van der Waals surface area contributed by atoms with E-state index in [0.29, 0.717) is 0 Å². The Hall–Kier alpha value is -8.20. The maximum Gasteiger partial charge on any atom is 0.0707 e. The third-order valence-electron chi connectivity index (χ3n) is 12.9. The number of hydrogen-bond acceptors (Lipinski definition) is 1. The molecule has 11 rings (SSSR count). The standard InChI is InChI=1S/C62H46N2/c1-3-4-8-21-44(2)62(58-31-18-15-28-54(58)55-29-16-19-32-59(55)62)49-34-36-51(37-35-49)63(53-41-47(45-22-9-5-10-23-45)40-48(42-53)46-24-11-6-12-25-46)52-38-39-57-56-30-17-20-33-60(56)64(61(57)43-52)50-26-13-7-14-27-50/h3-43H,2H2,1H3/b4-3-,21-8-. The minimum absolute atomic E-state index is 0.585. The SMILES string of the molecule is C=C(/C=C\C=C/C)C1(c2ccc(N(c3cc(-c4ccccc4)cc(-c4ccccc4)c3)c3ccc4c5ccccc5n(-c5ccccc5)c4c3)cc2)c2ccccc2-c2ccccc21. The Morgan fingerprint density at radius 1 is 0.453 bits per heavy atom. The van der Waals surface area contributed by atoms with Crippen LogP contribution in [0.4, 0.5) is 17.1 Å². The molecular formula is C62H46N2. The van der Waals surface area contributed by atoms with Crippen molar-refractivity contribution in [3.05, 3.63) is 278 Å². The van der Waals surface area contributed by atoms with E-state index in [4.69, 9.17) is 6.58 Å². The van der Waals surface area contributed by atoms with Gasteiger partial charge in [0, 0.05) is 33.5 Å². The molecule has 0 spiro atoms. The number of hydrogen-bond donors (Lipinski definition) is 0. The van der Waals surface area contributed by atoms with Crippen LogP contribution in [0, 0.1) is 0 Å². The normalized spacial score (nSPS) is 12.8. The van der Waals surface area contributed by atoms with Crippen LogP contribution in [0.25, 0.3) is 60.9 Å². The molecule has 10 aromatic rings. The van der Waals surface area contributed by atoms with E-state index >= 15 is 0 Å². The Labute approximate surface area is 375 Å². The third kappa shape index (κ3) is 6.42. The van der Waals surface area contributed by atoms with E-state index in [0.717, 1.165) is 45.0 Å². The quantitative estimate of drug-likeness (QED) is 0.125. The Kier molecular flexibility index (Phi) is 9.83. The predicted molar refractivity (Wildman–Crippen MR) is 271 cm³/mol. The van der Waals surface area contributed by atoms with E-state index in [-0.39, 0.29) is 0 Å². The van der Waals surface area contributed by atoms with Crippen LogP contribution in [0.5, 0.6) is 0 Å². The highest BCUT2D eigenvalue weighted by Crippen LogP contribution is 2.56. The van der Waals surface area contributed by atoms with Gasteiger partial charge in [0.2, 0.25) is 0 Å². The summed E-state index contributed by atoms with van der Waals surface area (Å²) in [6, 6.07) is 81.8. The second kappa shape index (κ2) is 16.2. The van der Waals surface area contributed by atoms with Gasteiger partial charge in [0.05, 0.1) is 16.4 Å². The topological polar surface area (TPSA) is 8.17 Å². The number of anilines is 3. The summed E-state index contributed by atoms with van der Waals surface area (Å²) in [7, 11) is 0. The third-order valence-corrected chi connectivity index (χ3v) is 12.9. The smallest absolute Gasteiger partial charge is 0.0707 e. The van der Waals surface area contributed by atoms with Crippen LogP contribution in [0.2, 0.25) is 0 Å². The zero-order valence-corrected chi connectivity index (χ0v) is 35.8. The molecule has 64 heavy (non-hydrogen) atoms. The number of aromatic nitrogens is 1. The Bertz CT molecular complexity index is 3290. The lowest BCUT2D eigenvalue weighted by Crippen LogP contribution is -2.28. The van der Waals surface area contributed by atoms with E-state index in [1.807, 2.05) is 6.92 Å². The van der Waals surface area contributed by atoms with Crippen LogP contribution in [0.1, 0.15) is 23.6 Å². The molecule has 1 aliphatic carbocycles. The Balaban J connectivity index is 1.16. The molecule has 0 bridgehead atoms. The zero-order valence-electron chi connectivity index (χ0n) is 35.8. The maximum atomic E-state index is 4.83. The molecule has 0 atom stereocenters. The van der Waals surface area contributed by atoms with Gasteiger partial charge in [-0.1, -0.05) is 195 Å². The molecule has 0 aliphatic heterocycles. The van der Waals surface area contributed by atoms with Gasteiger partial charge in [0.1, 0.15) is 0 Å². The summed E-state index contributed by atoms with van der Waals surface area (Å²) in [5.74, 6) is 0. The fraction of sp³-hybridized carbons (Fsp3) is 0.0323. The van der Waals surface area contributed by atoms with Crippen molar-refractivity contribution in [2.45, 2.75) is 12.3 Å². The molecule has 1 heterocycles. The summed E-state index contributed by atoms with van der Waals surface area (Å²) in [6.07, 6.45) is 8.43.